The molecule has 0 N–H and O–H groups in total. The van der Waals surface area contributed by atoms with Crippen LogP contribution in [-0.2, 0) is 14.3 Å². The van der Waals surface area contributed by atoms with Crippen molar-refractivity contribution in [1.82, 2.24) is 0 Å². The average molecular weight is 480 g/mol. The van der Waals surface area contributed by atoms with E-state index < -0.39 is 29.7 Å². The van der Waals surface area contributed by atoms with Crippen LogP contribution < -0.4 is 9.67 Å². The van der Waals surface area contributed by atoms with Crippen molar-refractivity contribution in [3.63, 3.8) is 0 Å². The Morgan fingerprint density at radius 2 is 1.44 bits per heavy atom. The second-order valence-corrected chi connectivity index (χ2v) is 9.18. The molecule has 1 aromatic heterocycles. The molecule has 0 saturated heterocycles. The monoisotopic (exact) mass is 479 g/mol. The highest BCUT2D eigenvalue weighted by molar-refractivity contribution is 6.01. The molecule has 6 nitrogen and oxygen atoms in total. The van der Waals surface area contributed by atoms with Crippen LogP contribution in [0.3, 0.4) is 0 Å². The number of ketones is 1. The fourth-order valence-corrected chi connectivity index (χ4v) is 4.64. The molecular weight excluding hydrogens is 454 g/mol. The smallest absolute Gasteiger partial charge is 0.338 e. The van der Waals surface area contributed by atoms with Gasteiger partial charge in [-0.1, -0.05) is 78.9 Å². The number of nitrogens with zero attached hydrogens (tertiary/aromatic N) is 1. The molecule has 0 radical (unpaired) electrons. The Hall–Kier alpha value is -4.45. The molecule has 2 atom stereocenters. The predicted octanol–water partition coefficient (Wildman–Crippen LogP) is 4.22. The molecule has 4 aromatic rings. The van der Waals surface area contributed by atoms with Crippen molar-refractivity contribution in [2.75, 3.05) is 0 Å². The highest BCUT2D eigenvalue weighted by Gasteiger charge is 2.45. The summed E-state index contributed by atoms with van der Waals surface area (Å²) in [6.07, 6.45) is 3.66. The third-order valence-electron chi connectivity index (χ3n) is 6.26. The summed E-state index contributed by atoms with van der Waals surface area (Å²) in [7, 11) is 0. The zero-order chi connectivity index (χ0) is 25.3. The number of carbonyl (C=O) groups is 2. The molecule has 3 aromatic carbocycles. The number of rotatable bonds is 6. The average Bonchev–Trinajstić information content (AvgIpc) is 2.87. The van der Waals surface area contributed by atoms with E-state index in [1.165, 1.54) is 13.8 Å². The van der Waals surface area contributed by atoms with Crippen LogP contribution in [0.4, 0.5) is 0 Å². The number of esters is 1. The third kappa shape index (κ3) is 4.45. The summed E-state index contributed by atoms with van der Waals surface area (Å²) in [6.45, 7) is 3.00. The van der Waals surface area contributed by atoms with Crippen LogP contribution in [0.5, 0.6) is 0 Å². The first-order valence-electron chi connectivity index (χ1n) is 11.7. The molecule has 2 unspecified atom stereocenters. The van der Waals surface area contributed by atoms with Crippen LogP contribution in [0, 0.1) is 0 Å². The number of benzene rings is 3. The van der Waals surface area contributed by atoms with Crippen LogP contribution in [-0.4, -0.2) is 17.5 Å². The lowest BCUT2D eigenvalue weighted by Gasteiger charge is -2.41. The standard InChI is InChI=1S/C30H25NO5/c1-30(2)35-28(33)25(29(34)36-30)24(21-12-5-3-6-13-21)26(27(32)22-14-7-4-8-15-22)31-18-17-20-11-9-10-16-23(20)19-31/h3-19,24,26H,1-2H3. The molecule has 1 aliphatic heterocycles. The van der Waals surface area contributed by atoms with Gasteiger partial charge in [-0.05, 0) is 30.9 Å². The van der Waals surface area contributed by atoms with Gasteiger partial charge in [0.2, 0.25) is 11.8 Å². The number of cyclic esters (lactones) is 1. The molecule has 180 valence electrons. The molecule has 0 amide bonds. The first-order chi connectivity index (χ1) is 17.3. The number of carbonyl (C=O) groups excluding carboxylic acids is 2. The number of Topliss-reactive ketones (excluding diaryl/α,β-unsaturated/α-hetero) is 1. The van der Waals surface area contributed by atoms with E-state index in [2.05, 4.69) is 0 Å². The van der Waals surface area contributed by atoms with Gasteiger partial charge in [-0.3, -0.25) is 4.79 Å². The Bertz CT molecular complexity index is 1460. The van der Waals surface area contributed by atoms with E-state index in [4.69, 9.17) is 9.47 Å². The maximum atomic E-state index is 14.1. The number of hydrogen-bond acceptors (Lipinski definition) is 5. The Balaban J connectivity index is 1.77. The molecule has 2 heterocycles. The summed E-state index contributed by atoms with van der Waals surface area (Å²) >= 11 is 0. The number of fused-ring (bicyclic) bond motifs is 1. The van der Waals surface area contributed by atoms with Crippen LogP contribution in [0.25, 0.3) is 10.8 Å². The van der Waals surface area contributed by atoms with E-state index in [0.29, 0.717) is 11.1 Å². The van der Waals surface area contributed by atoms with Gasteiger partial charge in [0, 0.05) is 17.0 Å². The summed E-state index contributed by atoms with van der Waals surface area (Å²) in [6, 6.07) is 26.6. The minimum atomic E-state index is -1.39. The second-order valence-electron chi connectivity index (χ2n) is 9.18. The normalized spacial score (nSPS) is 16.7. The number of ether oxygens (including phenoxy) is 2. The van der Waals surface area contributed by atoms with Gasteiger partial charge < -0.3 is 14.6 Å². The van der Waals surface area contributed by atoms with E-state index in [1.54, 1.807) is 59.3 Å². The quantitative estimate of drug-likeness (QED) is 0.235. The van der Waals surface area contributed by atoms with Crippen molar-refractivity contribution in [1.29, 1.82) is 0 Å². The van der Waals surface area contributed by atoms with Crippen molar-refractivity contribution >= 4 is 22.5 Å². The van der Waals surface area contributed by atoms with E-state index in [1.807, 2.05) is 48.7 Å². The van der Waals surface area contributed by atoms with Crippen molar-refractivity contribution < 1.29 is 28.7 Å². The van der Waals surface area contributed by atoms with Crippen LogP contribution in [0.15, 0.2) is 115 Å². The molecular formula is C30H25NO5. The van der Waals surface area contributed by atoms with Gasteiger partial charge in [-0.2, -0.15) is 4.57 Å². The molecule has 1 aliphatic rings. The van der Waals surface area contributed by atoms with Crippen molar-refractivity contribution in [3.8, 4) is 0 Å². The minimum absolute atomic E-state index is 0.213. The Morgan fingerprint density at radius 1 is 0.833 bits per heavy atom. The Morgan fingerprint density at radius 3 is 2.11 bits per heavy atom. The van der Waals surface area contributed by atoms with E-state index in [0.717, 1.165) is 10.8 Å². The molecule has 0 aliphatic carbocycles. The van der Waals surface area contributed by atoms with Crippen molar-refractivity contribution in [3.05, 3.63) is 126 Å². The maximum Gasteiger partial charge on any atom is 0.338 e. The van der Waals surface area contributed by atoms with Crippen LogP contribution >= 0.6 is 0 Å². The van der Waals surface area contributed by atoms with Gasteiger partial charge in [0.1, 0.15) is 0 Å². The van der Waals surface area contributed by atoms with Gasteiger partial charge in [0.25, 0.3) is 0 Å². The van der Waals surface area contributed by atoms with Gasteiger partial charge in [0.15, 0.2) is 18.2 Å². The largest absolute Gasteiger partial charge is 0.575 e. The minimum Gasteiger partial charge on any atom is -0.575 e. The predicted molar refractivity (Wildman–Crippen MR) is 131 cm³/mol. The van der Waals surface area contributed by atoms with Crippen molar-refractivity contribution in [2.24, 2.45) is 0 Å². The van der Waals surface area contributed by atoms with Crippen molar-refractivity contribution in [2.45, 2.75) is 31.6 Å². The Kier molecular flexibility index (Phi) is 6.02. The highest BCUT2D eigenvalue weighted by atomic mass is 16.8. The van der Waals surface area contributed by atoms with Gasteiger partial charge in [0.05, 0.1) is 17.4 Å². The van der Waals surface area contributed by atoms with Gasteiger partial charge in [-0.25, -0.2) is 4.79 Å². The van der Waals surface area contributed by atoms with Crippen LogP contribution in [0.2, 0.25) is 0 Å². The number of pyridine rings is 1. The number of aromatic nitrogens is 1. The molecule has 0 bridgehead atoms. The summed E-state index contributed by atoms with van der Waals surface area (Å²) in [5.41, 5.74) is 0.870. The lowest BCUT2D eigenvalue weighted by atomic mass is 9.80. The van der Waals surface area contributed by atoms with E-state index in [9.17, 15) is 14.7 Å². The SMILES string of the molecule is CC1(C)OC(=O)C(C(c2ccccc2)C(C(=O)c2ccccc2)[n+]2ccc3ccccc3c2)=C([O-])O1. The molecule has 36 heavy (non-hydrogen) atoms. The molecule has 6 heteroatoms. The topological polar surface area (TPSA) is 79.5 Å². The fraction of sp³-hybridized carbons (Fsp3) is 0.167. The summed E-state index contributed by atoms with van der Waals surface area (Å²) < 4.78 is 12.7. The van der Waals surface area contributed by atoms with Gasteiger partial charge >= 0.3 is 5.97 Å². The fourth-order valence-electron chi connectivity index (χ4n) is 4.64. The molecule has 5 rings (SSSR count). The zero-order valence-electron chi connectivity index (χ0n) is 20.0. The van der Waals surface area contributed by atoms with E-state index in [-0.39, 0.29) is 11.4 Å². The third-order valence-corrected chi connectivity index (χ3v) is 6.26. The maximum absolute atomic E-state index is 14.1. The first-order valence-corrected chi connectivity index (χ1v) is 11.7. The second kappa shape index (κ2) is 9.30. The first kappa shape index (κ1) is 23.3. The summed E-state index contributed by atoms with van der Waals surface area (Å²) in [4.78, 5) is 27.4. The lowest BCUT2D eigenvalue weighted by molar-refractivity contribution is -0.708. The molecule has 0 saturated carbocycles. The zero-order valence-corrected chi connectivity index (χ0v) is 20.0. The number of hydrogen-bond donors (Lipinski definition) is 0. The highest BCUT2D eigenvalue weighted by Crippen LogP contribution is 2.40. The Labute approximate surface area is 209 Å². The van der Waals surface area contributed by atoms with Crippen LogP contribution in [0.1, 0.15) is 41.7 Å². The summed E-state index contributed by atoms with van der Waals surface area (Å²) in [5.74, 6) is -4.19. The van der Waals surface area contributed by atoms with Gasteiger partial charge in [-0.15, -0.1) is 0 Å². The lowest BCUT2D eigenvalue weighted by Crippen LogP contribution is -2.50. The summed E-state index contributed by atoms with van der Waals surface area (Å²) in [5, 5.41) is 15.2. The van der Waals surface area contributed by atoms with E-state index >= 15 is 0 Å². The molecule has 0 spiro atoms. The molecule has 0 fully saturated rings.